The van der Waals surface area contributed by atoms with Crippen molar-refractivity contribution in [3.63, 3.8) is 0 Å². The molecule has 0 radical (unpaired) electrons. The van der Waals surface area contributed by atoms with E-state index in [-0.39, 0.29) is 15.8 Å². The van der Waals surface area contributed by atoms with Crippen molar-refractivity contribution in [2.24, 2.45) is 5.92 Å². The molecule has 0 spiro atoms. The van der Waals surface area contributed by atoms with Crippen molar-refractivity contribution in [2.75, 3.05) is 38.0 Å². The molecule has 1 fully saturated rings. The third-order valence-electron chi connectivity index (χ3n) is 4.93. The topological polar surface area (TPSA) is 70.9 Å². The van der Waals surface area contributed by atoms with Gasteiger partial charge in [-0.3, -0.25) is 4.79 Å². The van der Waals surface area contributed by atoms with Crippen molar-refractivity contribution in [3.05, 3.63) is 23.2 Å². The first-order valence-electron chi connectivity index (χ1n) is 9.21. The lowest BCUT2D eigenvalue weighted by Crippen LogP contribution is -3.14. The van der Waals surface area contributed by atoms with Gasteiger partial charge in [0.05, 0.1) is 18.1 Å². The summed E-state index contributed by atoms with van der Waals surface area (Å²) in [5.74, 6) is 0.619. The number of quaternary nitrogens is 1. The molecular weight excluding hydrogens is 374 g/mol. The molecule has 0 saturated carbocycles. The van der Waals surface area contributed by atoms with Gasteiger partial charge < -0.3 is 10.2 Å². The maximum Gasteiger partial charge on any atom is 0.279 e. The Morgan fingerprint density at radius 2 is 1.88 bits per heavy atom. The van der Waals surface area contributed by atoms with Crippen LogP contribution in [0.15, 0.2) is 23.1 Å². The van der Waals surface area contributed by atoms with Crippen LogP contribution in [0.5, 0.6) is 0 Å². The number of anilines is 1. The van der Waals surface area contributed by atoms with Gasteiger partial charge in [-0.05, 0) is 37.0 Å². The number of sulfonamides is 1. The lowest BCUT2D eigenvalue weighted by atomic mass is 9.99. The number of rotatable bonds is 7. The van der Waals surface area contributed by atoms with Crippen LogP contribution >= 0.6 is 11.6 Å². The van der Waals surface area contributed by atoms with Crippen LogP contribution in [-0.2, 0) is 14.8 Å². The van der Waals surface area contributed by atoms with Crippen molar-refractivity contribution >= 4 is 33.2 Å². The summed E-state index contributed by atoms with van der Waals surface area (Å²) in [5, 5.41) is 2.97. The van der Waals surface area contributed by atoms with E-state index in [1.807, 2.05) is 0 Å². The predicted octanol–water partition coefficient (Wildman–Crippen LogP) is 1.62. The molecule has 8 heteroatoms. The first-order chi connectivity index (χ1) is 12.3. The largest absolute Gasteiger partial charge is 0.327 e. The average molecular weight is 403 g/mol. The quantitative estimate of drug-likeness (QED) is 0.728. The fourth-order valence-corrected chi connectivity index (χ4v) is 5.22. The Morgan fingerprint density at radius 1 is 1.27 bits per heavy atom. The van der Waals surface area contributed by atoms with Gasteiger partial charge in [0.2, 0.25) is 10.0 Å². The van der Waals surface area contributed by atoms with E-state index < -0.39 is 10.0 Å². The number of halogens is 1. The Labute approximate surface area is 161 Å². The van der Waals surface area contributed by atoms with E-state index in [0.29, 0.717) is 25.3 Å². The summed E-state index contributed by atoms with van der Waals surface area (Å²) < 4.78 is 26.8. The lowest BCUT2D eigenvalue weighted by molar-refractivity contribution is -0.897. The normalized spacial score (nSPS) is 21.0. The average Bonchev–Trinajstić information content (AvgIpc) is 2.59. The molecule has 1 aromatic rings. The Morgan fingerprint density at radius 3 is 2.46 bits per heavy atom. The highest BCUT2D eigenvalue weighted by Crippen LogP contribution is 2.27. The second kappa shape index (κ2) is 9.17. The number of amides is 1. The monoisotopic (exact) mass is 402 g/mol. The van der Waals surface area contributed by atoms with Gasteiger partial charge in [0.15, 0.2) is 6.54 Å². The number of nitrogens with one attached hydrogen (secondary N) is 2. The zero-order valence-corrected chi connectivity index (χ0v) is 17.3. The number of hydrogen-bond donors (Lipinski definition) is 2. The minimum atomic E-state index is -3.68. The summed E-state index contributed by atoms with van der Waals surface area (Å²) in [6, 6.07) is 4.60. The Kier molecular flexibility index (Phi) is 7.46. The zero-order chi connectivity index (χ0) is 19.3. The van der Waals surface area contributed by atoms with Crippen molar-refractivity contribution < 1.29 is 18.1 Å². The van der Waals surface area contributed by atoms with Gasteiger partial charge in [-0.2, -0.15) is 4.31 Å². The van der Waals surface area contributed by atoms with E-state index in [1.165, 1.54) is 21.3 Å². The maximum absolute atomic E-state index is 12.7. The molecule has 0 atom stereocenters. The number of carbonyl (C=O) groups excluding carboxylic acids is 1. The molecule has 1 saturated heterocycles. The molecule has 0 aromatic heterocycles. The molecule has 0 aliphatic carbocycles. The van der Waals surface area contributed by atoms with Crippen molar-refractivity contribution in [1.82, 2.24) is 4.31 Å². The summed E-state index contributed by atoms with van der Waals surface area (Å²) in [6.07, 6.45) is 2.27. The van der Waals surface area contributed by atoms with E-state index in [1.54, 1.807) is 19.9 Å². The first kappa shape index (κ1) is 21.2. The Bertz CT molecular complexity index is 727. The highest BCUT2D eigenvalue weighted by molar-refractivity contribution is 7.89. The second-order valence-corrected chi connectivity index (χ2v) is 9.21. The highest BCUT2D eigenvalue weighted by atomic mass is 35.5. The molecule has 0 unspecified atom stereocenters. The number of piperidine rings is 1. The fraction of sp³-hybridized carbons (Fsp3) is 0.611. The smallest absolute Gasteiger partial charge is 0.279 e. The van der Waals surface area contributed by atoms with Gasteiger partial charge in [0, 0.05) is 18.8 Å². The fourth-order valence-electron chi connectivity index (χ4n) is 3.26. The SMILES string of the molecule is CCN(CC)S(=O)(=O)c1cc(NC(=O)C[NH+]2CCC(C)CC2)ccc1Cl. The summed E-state index contributed by atoms with van der Waals surface area (Å²) in [4.78, 5) is 13.6. The first-order valence-corrected chi connectivity index (χ1v) is 11.0. The van der Waals surface area contributed by atoms with E-state index in [2.05, 4.69) is 12.2 Å². The summed E-state index contributed by atoms with van der Waals surface area (Å²) in [7, 11) is -3.68. The third-order valence-corrected chi connectivity index (χ3v) is 7.46. The number of nitrogens with zero attached hydrogens (tertiary/aromatic N) is 1. The number of hydrogen-bond acceptors (Lipinski definition) is 3. The third kappa shape index (κ3) is 5.19. The van der Waals surface area contributed by atoms with E-state index in [9.17, 15) is 13.2 Å². The molecule has 1 aliphatic heterocycles. The van der Waals surface area contributed by atoms with Crippen LogP contribution in [0, 0.1) is 5.92 Å². The van der Waals surface area contributed by atoms with Crippen LogP contribution in [0.4, 0.5) is 5.69 Å². The van der Waals surface area contributed by atoms with Crippen LogP contribution in [-0.4, -0.2) is 51.4 Å². The second-order valence-electron chi connectivity index (χ2n) is 6.89. The number of likely N-dealkylation sites (tertiary alicyclic amines) is 1. The molecule has 6 nitrogen and oxygen atoms in total. The number of benzene rings is 1. The van der Waals surface area contributed by atoms with E-state index in [4.69, 9.17) is 11.6 Å². The van der Waals surface area contributed by atoms with Gasteiger partial charge in [-0.15, -0.1) is 0 Å². The van der Waals surface area contributed by atoms with Crippen LogP contribution in [0.25, 0.3) is 0 Å². The van der Waals surface area contributed by atoms with Gasteiger partial charge >= 0.3 is 0 Å². The van der Waals surface area contributed by atoms with Crippen LogP contribution in [0.1, 0.15) is 33.6 Å². The van der Waals surface area contributed by atoms with Gasteiger partial charge in [-0.25, -0.2) is 8.42 Å². The lowest BCUT2D eigenvalue weighted by Gasteiger charge is -2.26. The molecule has 26 heavy (non-hydrogen) atoms. The van der Waals surface area contributed by atoms with Crippen molar-refractivity contribution in [2.45, 2.75) is 38.5 Å². The molecule has 1 heterocycles. The van der Waals surface area contributed by atoms with Crippen molar-refractivity contribution in [1.29, 1.82) is 0 Å². The summed E-state index contributed by atoms with van der Waals surface area (Å²) in [5.41, 5.74) is 0.454. The maximum atomic E-state index is 12.7. The minimum absolute atomic E-state index is 0.0276. The molecule has 146 valence electrons. The number of carbonyl (C=O) groups is 1. The standard InChI is InChI=1S/C18H28ClN3O3S/c1-4-22(5-2)26(24,25)17-12-15(6-7-16(17)19)20-18(23)13-21-10-8-14(3)9-11-21/h6-7,12,14H,4-5,8-11,13H2,1-3H3,(H,20,23)/p+1. The van der Waals surface area contributed by atoms with Gasteiger partial charge in [-0.1, -0.05) is 32.4 Å². The molecule has 0 bridgehead atoms. The Balaban J connectivity index is 2.10. The molecule has 1 aromatic carbocycles. The van der Waals surface area contributed by atoms with E-state index in [0.717, 1.165) is 31.8 Å². The molecule has 1 aliphatic rings. The molecular formula is C18H29ClN3O3S+. The van der Waals surface area contributed by atoms with Crippen molar-refractivity contribution in [3.8, 4) is 0 Å². The predicted molar refractivity (Wildman–Crippen MR) is 104 cm³/mol. The van der Waals surface area contributed by atoms with Crippen LogP contribution in [0.3, 0.4) is 0 Å². The van der Waals surface area contributed by atoms with Crippen LogP contribution < -0.4 is 10.2 Å². The van der Waals surface area contributed by atoms with Gasteiger partial charge in [0.25, 0.3) is 5.91 Å². The molecule has 2 N–H and O–H groups in total. The van der Waals surface area contributed by atoms with Gasteiger partial charge in [0.1, 0.15) is 4.90 Å². The zero-order valence-electron chi connectivity index (χ0n) is 15.7. The highest BCUT2D eigenvalue weighted by Gasteiger charge is 2.25. The summed E-state index contributed by atoms with van der Waals surface area (Å²) in [6.45, 7) is 8.92. The summed E-state index contributed by atoms with van der Waals surface area (Å²) >= 11 is 6.12. The molecule has 2 rings (SSSR count). The molecule has 1 amide bonds. The Hall–Kier alpha value is -1.15. The minimum Gasteiger partial charge on any atom is -0.327 e. The van der Waals surface area contributed by atoms with E-state index >= 15 is 0 Å². The van der Waals surface area contributed by atoms with Crippen LogP contribution in [0.2, 0.25) is 5.02 Å².